The molecule has 5 nitrogen and oxygen atoms in total. The minimum absolute atomic E-state index is 0.110. The zero-order chi connectivity index (χ0) is 13.8. The van der Waals surface area contributed by atoms with Crippen molar-refractivity contribution in [3.05, 3.63) is 29.8 Å². The average Bonchev–Trinajstić information content (AvgIpc) is 2.87. The molecule has 1 aromatic carbocycles. The second kappa shape index (κ2) is 5.73. The van der Waals surface area contributed by atoms with Crippen LogP contribution in [0.1, 0.15) is 36.5 Å². The number of ether oxygens (including phenoxy) is 1. The highest BCUT2D eigenvalue weighted by molar-refractivity contribution is 5.88. The molecule has 0 aromatic heterocycles. The largest absolute Gasteiger partial charge is 0.478 e. The highest BCUT2D eigenvalue weighted by Gasteiger charge is 2.28. The van der Waals surface area contributed by atoms with Crippen LogP contribution in [0.4, 0.5) is 4.79 Å². The Labute approximate surface area is 111 Å². The highest BCUT2D eigenvalue weighted by Crippen LogP contribution is 2.22. The third-order valence-corrected chi connectivity index (χ3v) is 3.37. The van der Waals surface area contributed by atoms with Gasteiger partial charge < -0.3 is 14.7 Å². The summed E-state index contributed by atoms with van der Waals surface area (Å²) in [6.45, 7) is 2.75. The van der Waals surface area contributed by atoms with E-state index in [9.17, 15) is 9.59 Å². The van der Waals surface area contributed by atoms with Gasteiger partial charge in [0.2, 0.25) is 0 Å². The van der Waals surface area contributed by atoms with Crippen molar-refractivity contribution in [2.75, 3.05) is 6.54 Å². The van der Waals surface area contributed by atoms with Crippen LogP contribution < -0.4 is 4.74 Å². The lowest BCUT2D eigenvalue weighted by Gasteiger charge is -2.22. The normalized spacial score (nSPS) is 18.4. The monoisotopic (exact) mass is 263 g/mol. The molecule has 1 aliphatic heterocycles. The zero-order valence-corrected chi connectivity index (χ0v) is 10.8. The van der Waals surface area contributed by atoms with Gasteiger partial charge in [-0.05, 0) is 37.5 Å². The minimum Gasteiger partial charge on any atom is -0.478 e. The van der Waals surface area contributed by atoms with Gasteiger partial charge >= 0.3 is 12.1 Å². The Bertz CT molecular complexity index is 486. The van der Waals surface area contributed by atoms with E-state index in [2.05, 4.69) is 0 Å². The average molecular weight is 263 g/mol. The fraction of sp³-hybridized carbons (Fsp3) is 0.429. The maximum atomic E-state index is 12.0. The summed E-state index contributed by atoms with van der Waals surface area (Å²) in [4.78, 5) is 24.6. The number of benzene rings is 1. The van der Waals surface area contributed by atoms with Crippen molar-refractivity contribution in [3.63, 3.8) is 0 Å². The lowest BCUT2D eigenvalue weighted by molar-refractivity contribution is 0.0696. The molecule has 2 rings (SSSR count). The van der Waals surface area contributed by atoms with E-state index in [4.69, 9.17) is 9.84 Å². The molecule has 1 atom stereocenters. The quantitative estimate of drug-likeness (QED) is 0.910. The first-order valence-corrected chi connectivity index (χ1v) is 6.43. The van der Waals surface area contributed by atoms with Crippen LogP contribution in [0.3, 0.4) is 0 Å². The van der Waals surface area contributed by atoms with Crippen molar-refractivity contribution in [2.24, 2.45) is 0 Å². The van der Waals surface area contributed by atoms with E-state index in [1.165, 1.54) is 12.1 Å². The van der Waals surface area contributed by atoms with Gasteiger partial charge in [0.1, 0.15) is 5.75 Å². The van der Waals surface area contributed by atoms with Crippen LogP contribution in [0.15, 0.2) is 24.3 Å². The van der Waals surface area contributed by atoms with Gasteiger partial charge in [-0.25, -0.2) is 9.59 Å². The van der Waals surface area contributed by atoms with E-state index in [1.54, 1.807) is 17.0 Å². The molecule has 1 saturated heterocycles. The molecule has 5 heteroatoms. The number of rotatable bonds is 3. The van der Waals surface area contributed by atoms with Crippen molar-refractivity contribution in [1.82, 2.24) is 4.90 Å². The van der Waals surface area contributed by atoms with Gasteiger partial charge in [0.15, 0.2) is 0 Å². The predicted octanol–water partition coefficient (Wildman–Crippen LogP) is 2.76. The Kier molecular flexibility index (Phi) is 4.04. The van der Waals surface area contributed by atoms with E-state index < -0.39 is 12.1 Å². The van der Waals surface area contributed by atoms with E-state index in [1.807, 2.05) is 6.92 Å². The molecule has 1 heterocycles. The number of hydrogen-bond acceptors (Lipinski definition) is 3. The van der Waals surface area contributed by atoms with Gasteiger partial charge in [-0.15, -0.1) is 0 Å². The molecule has 1 fully saturated rings. The van der Waals surface area contributed by atoms with Crippen LogP contribution in [0.5, 0.6) is 5.75 Å². The van der Waals surface area contributed by atoms with Crippen molar-refractivity contribution in [3.8, 4) is 5.75 Å². The van der Waals surface area contributed by atoms with Gasteiger partial charge in [-0.1, -0.05) is 13.0 Å². The summed E-state index contributed by atoms with van der Waals surface area (Å²) in [5.74, 6) is -0.767. The molecular weight excluding hydrogens is 246 g/mol. The number of carbonyl (C=O) groups is 2. The lowest BCUT2D eigenvalue weighted by atomic mass is 10.2. The second-order valence-electron chi connectivity index (χ2n) is 4.60. The summed E-state index contributed by atoms with van der Waals surface area (Å²) in [6, 6.07) is 6.20. The van der Waals surface area contributed by atoms with Gasteiger partial charge in [-0.2, -0.15) is 0 Å². The van der Waals surface area contributed by atoms with Crippen molar-refractivity contribution < 1.29 is 19.4 Å². The zero-order valence-electron chi connectivity index (χ0n) is 10.8. The molecule has 0 bridgehead atoms. The van der Waals surface area contributed by atoms with E-state index in [0.29, 0.717) is 6.54 Å². The van der Waals surface area contributed by atoms with Gasteiger partial charge in [0, 0.05) is 12.6 Å². The topological polar surface area (TPSA) is 66.8 Å². The second-order valence-corrected chi connectivity index (χ2v) is 4.60. The molecule has 1 aliphatic rings. The minimum atomic E-state index is -1.04. The summed E-state index contributed by atoms with van der Waals surface area (Å²) in [5, 5.41) is 8.88. The number of carboxylic acids is 1. The van der Waals surface area contributed by atoms with Crippen LogP contribution in [-0.4, -0.2) is 34.7 Å². The van der Waals surface area contributed by atoms with Crippen LogP contribution in [0.25, 0.3) is 0 Å². The summed E-state index contributed by atoms with van der Waals surface area (Å²) in [7, 11) is 0. The Morgan fingerprint density at radius 1 is 1.47 bits per heavy atom. The summed E-state index contributed by atoms with van der Waals surface area (Å²) in [5.41, 5.74) is 0.110. The first-order valence-electron chi connectivity index (χ1n) is 6.43. The number of likely N-dealkylation sites (tertiary alicyclic amines) is 1. The number of aromatic carboxylic acids is 1. The van der Waals surface area contributed by atoms with Crippen LogP contribution in [0, 0.1) is 0 Å². The maximum Gasteiger partial charge on any atom is 0.415 e. The smallest absolute Gasteiger partial charge is 0.415 e. The molecule has 0 aliphatic carbocycles. The summed E-state index contributed by atoms with van der Waals surface area (Å²) in [6.07, 6.45) is 2.50. The molecule has 0 spiro atoms. The van der Waals surface area contributed by atoms with E-state index in [-0.39, 0.29) is 17.4 Å². The van der Waals surface area contributed by atoms with E-state index in [0.717, 1.165) is 19.3 Å². The Balaban J connectivity index is 2.06. The molecule has 0 saturated carbocycles. The number of nitrogens with zero attached hydrogens (tertiary/aromatic N) is 1. The maximum absolute atomic E-state index is 12.0. The molecule has 1 N–H and O–H groups in total. The fourth-order valence-electron chi connectivity index (χ4n) is 2.35. The molecule has 1 aromatic rings. The molecule has 1 unspecified atom stereocenters. The Morgan fingerprint density at radius 3 is 2.95 bits per heavy atom. The molecule has 19 heavy (non-hydrogen) atoms. The van der Waals surface area contributed by atoms with Crippen molar-refractivity contribution in [2.45, 2.75) is 32.2 Å². The lowest BCUT2D eigenvalue weighted by Crippen LogP contribution is -2.37. The van der Waals surface area contributed by atoms with Gasteiger partial charge in [0.05, 0.1) is 5.56 Å². The number of carbonyl (C=O) groups excluding carboxylic acids is 1. The molecular formula is C14H17NO4. The molecule has 0 radical (unpaired) electrons. The summed E-state index contributed by atoms with van der Waals surface area (Å²) < 4.78 is 5.24. The van der Waals surface area contributed by atoms with Crippen molar-refractivity contribution in [1.29, 1.82) is 0 Å². The van der Waals surface area contributed by atoms with Crippen LogP contribution in [-0.2, 0) is 0 Å². The van der Waals surface area contributed by atoms with Gasteiger partial charge in [-0.3, -0.25) is 0 Å². The Hall–Kier alpha value is -2.04. The summed E-state index contributed by atoms with van der Waals surface area (Å²) >= 11 is 0. The van der Waals surface area contributed by atoms with Crippen LogP contribution >= 0.6 is 0 Å². The van der Waals surface area contributed by atoms with E-state index >= 15 is 0 Å². The standard InChI is InChI=1S/C14H17NO4/c1-2-11-6-4-8-15(11)14(18)19-12-7-3-5-10(9-12)13(16)17/h3,5,7,9,11H,2,4,6,8H2,1H3,(H,16,17). The number of hydrogen-bond donors (Lipinski definition) is 1. The molecule has 1 amide bonds. The predicted molar refractivity (Wildman–Crippen MR) is 69.4 cm³/mol. The van der Waals surface area contributed by atoms with Gasteiger partial charge in [0.25, 0.3) is 0 Å². The first kappa shape index (κ1) is 13.4. The number of amides is 1. The first-order chi connectivity index (χ1) is 9.11. The number of carboxylic acid groups (broad SMARTS) is 1. The third-order valence-electron chi connectivity index (χ3n) is 3.37. The molecule has 102 valence electrons. The van der Waals surface area contributed by atoms with Crippen LogP contribution in [0.2, 0.25) is 0 Å². The SMILES string of the molecule is CCC1CCCN1C(=O)Oc1cccc(C(=O)O)c1. The Morgan fingerprint density at radius 2 is 2.26 bits per heavy atom. The van der Waals surface area contributed by atoms with Crippen molar-refractivity contribution >= 4 is 12.1 Å². The third kappa shape index (κ3) is 3.05. The highest BCUT2D eigenvalue weighted by atomic mass is 16.6. The fourth-order valence-corrected chi connectivity index (χ4v) is 2.35.